The van der Waals surface area contributed by atoms with Crippen LogP contribution in [0.15, 0.2) is 22.7 Å². The van der Waals surface area contributed by atoms with Gasteiger partial charge < -0.3 is 20.3 Å². The summed E-state index contributed by atoms with van der Waals surface area (Å²) < 4.78 is 6.35. The number of aryl methyl sites for hydroxylation is 2. The Labute approximate surface area is 166 Å². The smallest absolute Gasteiger partial charge is 0.319 e. The normalized spacial score (nSPS) is 15.6. The first-order chi connectivity index (χ1) is 12.4. The van der Waals surface area contributed by atoms with Gasteiger partial charge in [0.15, 0.2) is 0 Å². The van der Waals surface area contributed by atoms with E-state index >= 15 is 0 Å². The van der Waals surface area contributed by atoms with Gasteiger partial charge in [0.2, 0.25) is 0 Å². The van der Waals surface area contributed by atoms with E-state index in [1.807, 2.05) is 39.0 Å². The molecule has 2 N–H and O–H groups in total. The SMILES string of the molecule is Cc1nc(C)c(C(C)NC(=O)Nc2cc(Br)ccc2N2CCOCC2)s1. The third-order valence-corrected chi connectivity index (χ3v) is 5.99. The zero-order valence-corrected chi connectivity index (χ0v) is 17.5. The second-order valence-electron chi connectivity index (χ2n) is 6.26. The van der Waals surface area contributed by atoms with E-state index in [0.29, 0.717) is 13.2 Å². The van der Waals surface area contributed by atoms with Crippen molar-refractivity contribution < 1.29 is 9.53 Å². The van der Waals surface area contributed by atoms with E-state index in [2.05, 4.69) is 36.4 Å². The molecule has 3 rings (SSSR count). The molecule has 1 atom stereocenters. The van der Waals surface area contributed by atoms with Gasteiger partial charge in [-0.2, -0.15) is 0 Å². The predicted octanol–water partition coefficient (Wildman–Crippen LogP) is 4.24. The van der Waals surface area contributed by atoms with Crippen molar-refractivity contribution in [3.05, 3.63) is 38.3 Å². The van der Waals surface area contributed by atoms with Crippen LogP contribution in [0.25, 0.3) is 0 Å². The molecule has 0 saturated carbocycles. The molecule has 6 nitrogen and oxygen atoms in total. The van der Waals surface area contributed by atoms with E-state index in [1.54, 1.807) is 11.3 Å². The first-order valence-electron chi connectivity index (χ1n) is 8.57. The molecule has 8 heteroatoms. The van der Waals surface area contributed by atoms with Crippen LogP contribution < -0.4 is 15.5 Å². The molecule has 0 spiro atoms. The number of thiazole rings is 1. The second kappa shape index (κ2) is 8.37. The molecule has 0 aliphatic carbocycles. The maximum absolute atomic E-state index is 12.6. The van der Waals surface area contributed by atoms with Gasteiger partial charge in [0, 0.05) is 22.4 Å². The lowest BCUT2D eigenvalue weighted by Gasteiger charge is -2.30. The third kappa shape index (κ3) is 4.55. The predicted molar refractivity (Wildman–Crippen MR) is 109 cm³/mol. The van der Waals surface area contributed by atoms with Crippen molar-refractivity contribution in [1.82, 2.24) is 10.3 Å². The molecule has 1 aromatic heterocycles. The molecule has 1 aliphatic rings. The number of rotatable bonds is 4. The monoisotopic (exact) mass is 438 g/mol. The quantitative estimate of drug-likeness (QED) is 0.748. The molecule has 0 radical (unpaired) electrons. The molecular weight excluding hydrogens is 416 g/mol. The Balaban J connectivity index is 1.72. The Morgan fingerprint density at radius 1 is 1.35 bits per heavy atom. The minimum atomic E-state index is -0.226. The molecule has 0 bridgehead atoms. The maximum Gasteiger partial charge on any atom is 0.319 e. The Morgan fingerprint density at radius 2 is 2.08 bits per heavy atom. The van der Waals surface area contributed by atoms with E-state index in [4.69, 9.17) is 4.74 Å². The number of halogens is 1. The zero-order valence-electron chi connectivity index (χ0n) is 15.1. The number of carbonyl (C=O) groups is 1. The van der Waals surface area contributed by atoms with Crippen LogP contribution in [-0.2, 0) is 4.74 Å². The molecule has 1 fully saturated rings. The molecule has 2 aromatic rings. The van der Waals surface area contributed by atoms with Gasteiger partial charge in [0.05, 0.1) is 41.3 Å². The topological polar surface area (TPSA) is 66.5 Å². The number of hydrogen-bond acceptors (Lipinski definition) is 5. The lowest BCUT2D eigenvalue weighted by atomic mass is 10.2. The number of hydrogen-bond donors (Lipinski definition) is 2. The highest BCUT2D eigenvalue weighted by molar-refractivity contribution is 9.10. The van der Waals surface area contributed by atoms with Gasteiger partial charge in [-0.1, -0.05) is 15.9 Å². The number of nitrogens with zero attached hydrogens (tertiary/aromatic N) is 2. The highest BCUT2D eigenvalue weighted by atomic mass is 79.9. The molecule has 26 heavy (non-hydrogen) atoms. The standard InChI is InChI=1S/C18H23BrN4O2S/c1-11-17(26-13(3)20-11)12(2)21-18(24)22-15-10-14(19)4-5-16(15)23-6-8-25-9-7-23/h4-5,10,12H,6-9H2,1-3H3,(H2,21,22,24). The molecule has 1 saturated heterocycles. The minimum absolute atomic E-state index is 0.0970. The van der Waals surface area contributed by atoms with Crippen molar-refractivity contribution in [2.24, 2.45) is 0 Å². The van der Waals surface area contributed by atoms with Crippen molar-refractivity contribution in [1.29, 1.82) is 0 Å². The maximum atomic E-state index is 12.6. The molecule has 1 aliphatic heterocycles. The van der Waals surface area contributed by atoms with Crippen LogP contribution in [0.1, 0.15) is 28.5 Å². The van der Waals surface area contributed by atoms with E-state index in [0.717, 1.165) is 44.5 Å². The number of urea groups is 1. The van der Waals surface area contributed by atoms with E-state index in [9.17, 15) is 4.79 Å². The van der Waals surface area contributed by atoms with E-state index in [-0.39, 0.29) is 12.1 Å². The fraction of sp³-hybridized carbons (Fsp3) is 0.444. The summed E-state index contributed by atoms with van der Waals surface area (Å²) in [6.45, 7) is 8.94. The summed E-state index contributed by atoms with van der Waals surface area (Å²) in [5, 5.41) is 7.02. The number of amides is 2. The zero-order chi connectivity index (χ0) is 18.7. The molecule has 140 valence electrons. The molecular formula is C18H23BrN4O2S. The number of nitrogens with one attached hydrogen (secondary N) is 2. The van der Waals surface area contributed by atoms with Gasteiger partial charge in [-0.05, 0) is 39.0 Å². The first-order valence-corrected chi connectivity index (χ1v) is 10.2. The van der Waals surface area contributed by atoms with Gasteiger partial charge in [0.1, 0.15) is 0 Å². The van der Waals surface area contributed by atoms with Crippen LogP contribution in [0, 0.1) is 13.8 Å². The largest absolute Gasteiger partial charge is 0.378 e. The first kappa shape index (κ1) is 19.1. The van der Waals surface area contributed by atoms with Gasteiger partial charge in [-0.15, -0.1) is 11.3 Å². The summed E-state index contributed by atoms with van der Waals surface area (Å²) in [5.41, 5.74) is 2.75. The van der Waals surface area contributed by atoms with Gasteiger partial charge in [0.25, 0.3) is 0 Å². The molecule has 2 amide bonds. The van der Waals surface area contributed by atoms with Gasteiger partial charge in [-0.25, -0.2) is 9.78 Å². The van der Waals surface area contributed by atoms with Gasteiger partial charge in [-0.3, -0.25) is 0 Å². The second-order valence-corrected chi connectivity index (χ2v) is 8.41. The average Bonchev–Trinajstić information content (AvgIpc) is 2.94. The molecule has 1 aromatic carbocycles. The summed E-state index contributed by atoms with van der Waals surface area (Å²) in [4.78, 5) is 20.3. The van der Waals surface area contributed by atoms with Crippen molar-refractivity contribution >= 4 is 44.7 Å². The average molecular weight is 439 g/mol. The van der Waals surface area contributed by atoms with Gasteiger partial charge >= 0.3 is 6.03 Å². The number of aromatic nitrogens is 1. The highest BCUT2D eigenvalue weighted by Gasteiger charge is 2.19. The summed E-state index contributed by atoms with van der Waals surface area (Å²) in [6, 6.07) is 5.61. The minimum Gasteiger partial charge on any atom is -0.378 e. The molecule has 1 unspecified atom stereocenters. The van der Waals surface area contributed by atoms with Crippen LogP contribution in [0.3, 0.4) is 0 Å². The summed E-state index contributed by atoms with van der Waals surface area (Å²) >= 11 is 5.10. The summed E-state index contributed by atoms with van der Waals surface area (Å²) in [5.74, 6) is 0. The summed E-state index contributed by atoms with van der Waals surface area (Å²) in [6.07, 6.45) is 0. The van der Waals surface area contributed by atoms with E-state index < -0.39 is 0 Å². The summed E-state index contributed by atoms with van der Waals surface area (Å²) in [7, 11) is 0. The Bertz CT molecular complexity index is 789. The Hall–Kier alpha value is -1.64. The number of benzene rings is 1. The third-order valence-electron chi connectivity index (χ3n) is 4.24. The molecule has 2 heterocycles. The highest BCUT2D eigenvalue weighted by Crippen LogP contribution is 2.30. The van der Waals surface area contributed by atoms with E-state index in [1.165, 1.54) is 0 Å². The van der Waals surface area contributed by atoms with Crippen molar-refractivity contribution in [3.8, 4) is 0 Å². The van der Waals surface area contributed by atoms with Crippen LogP contribution in [0.2, 0.25) is 0 Å². The van der Waals surface area contributed by atoms with Crippen LogP contribution >= 0.6 is 27.3 Å². The van der Waals surface area contributed by atoms with Crippen LogP contribution in [0.4, 0.5) is 16.2 Å². The van der Waals surface area contributed by atoms with Crippen molar-refractivity contribution in [2.45, 2.75) is 26.8 Å². The lowest BCUT2D eigenvalue weighted by molar-refractivity contribution is 0.123. The van der Waals surface area contributed by atoms with Crippen LogP contribution in [-0.4, -0.2) is 37.3 Å². The Morgan fingerprint density at radius 3 is 2.73 bits per heavy atom. The van der Waals surface area contributed by atoms with Crippen molar-refractivity contribution in [2.75, 3.05) is 36.5 Å². The number of anilines is 2. The fourth-order valence-electron chi connectivity index (χ4n) is 3.06. The number of ether oxygens (including phenoxy) is 1. The van der Waals surface area contributed by atoms with Crippen molar-refractivity contribution in [3.63, 3.8) is 0 Å². The van der Waals surface area contributed by atoms with Crippen LogP contribution in [0.5, 0.6) is 0 Å². The lowest BCUT2D eigenvalue weighted by Crippen LogP contribution is -2.37. The number of morpholine rings is 1. The number of carbonyl (C=O) groups excluding carboxylic acids is 1. The Kier molecular flexibility index (Phi) is 6.16. The fourth-order valence-corrected chi connectivity index (χ4v) is 4.35.